The molecule has 2 heterocycles. The molecule has 0 amide bonds. The van der Waals surface area contributed by atoms with Gasteiger partial charge < -0.3 is 16.0 Å². The van der Waals surface area contributed by atoms with Crippen molar-refractivity contribution in [2.75, 3.05) is 24.0 Å². The van der Waals surface area contributed by atoms with Gasteiger partial charge in [0, 0.05) is 30.3 Å². The third kappa shape index (κ3) is 3.81. The zero-order chi connectivity index (χ0) is 18.2. The van der Waals surface area contributed by atoms with Gasteiger partial charge in [0.05, 0.1) is 22.0 Å². The molecule has 0 fully saturated rings. The fourth-order valence-electron chi connectivity index (χ4n) is 2.36. The molecule has 0 bridgehead atoms. The molecule has 0 atom stereocenters. The molecule has 1 aromatic carbocycles. The summed E-state index contributed by atoms with van der Waals surface area (Å²) in [5, 5.41) is 2.80. The molecule has 132 valence electrons. The van der Waals surface area contributed by atoms with Gasteiger partial charge in [0.25, 0.3) is 0 Å². The zero-order valence-electron chi connectivity index (χ0n) is 13.6. The van der Waals surface area contributed by atoms with Crippen molar-refractivity contribution < 1.29 is 13.2 Å². The van der Waals surface area contributed by atoms with Gasteiger partial charge in [0.15, 0.2) is 0 Å². The zero-order valence-corrected chi connectivity index (χ0v) is 14.4. The molecule has 1 aromatic heterocycles. The number of thioether (sulfide) groups is 1. The summed E-state index contributed by atoms with van der Waals surface area (Å²) < 4.78 is 38.7. The Morgan fingerprint density at radius 1 is 1.28 bits per heavy atom. The van der Waals surface area contributed by atoms with Gasteiger partial charge >= 0.3 is 6.18 Å². The maximum Gasteiger partial charge on any atom is 0.416 e. The molecule has 0 spiro atoms. The van der Waals surface area contributed by atoms with E-state index in [0.29, 0.717) is 0 Å². The number of benzene rings is 1. The van der Waals surface area contributed by atoms with Crippen LogP contribution in [0.1, 0.15) is 18.2 Å². The van der Waals surface area contributed by atoms with Crippen LogP contribution in [0.2, 0.25) is 0 Å². The Hall–Kier alpha value is -2.42. The number of anilines is 3. The van der Waals surface area contributed by atoms with E-state index in [9.17, 15) is 13.2 Å². The third-order valence-corrected chi connectivity index (χ3v) is 5.04. The van der Waals surface area contributed by atoms with Gasteiger partial charge in [-0.1, -0.05) is 0 Å². The Balaban J connectivity index is 1.90. The molecule has 0 radical (unpaired) electrons. The van der Waals surface area contributed by atoms with E-state index in [2.05, 4.69) is 20.2 Å². The highest BCUT2D eigenvalue weighted by atomic mass is 32.2. The van der Waals surface area contributed by atoms with E-state index >= 15 is 0 Å². The van der Waals surface area contributed by atoms with Gasteiger partial charge in [0.2, 0.25) is 5.95 Å². The Bertz CT molecular complexity index is 835. The van der Waals surface area contributed by atoms with Crippen molar-refractivity contribution in [3.05, 3.63) is 47.4 Å². The second-order valence-electron chi connectivity index (χ2n) is 5.62. The first-order chi connectivity index (χ1) is 11.7. The van der Waals surface area contributed by atoms with E-state index in [4.69, 9.17) is 5.73 Å². The lowest BCUT2D eigenvalue weighted by molar-refractivity contribution is -0.137. The fraction of sp³-hybridized carbons (Fsp3) is 0.250. The number of alkyl halides is 3. The SMILES string of the molecule is CC1=C(c2ccnc(Nc3cc(N)cc(C(F)(F)F)c3)n2)SCN1C. The highest BCUT2D eigenvalue weighted by Gasteiger charge is 2.31. The number of hydrogen-bond acceptors (Lipinski definition) is 6. The van der Waals surface area contributed by atoms with Crippen LogP contribution in [0.25, 0.3) is 4.91 Å². The van der Waals surface area contributed by atoms with Gasteiger partial charge in [-0.3, -0.25) is 0 Å². The number of hydrogen-bond donors (Lipinski definition) is 2. The van der Waals surface area contributed by atoms with E-state index in [0.717, 1.165) is 34.3 Å². The molecule has 2 aromatic rings. The lowest BCUT2D eigenvalue weighted by atomic mass is 10.1. The van der Waals surface area contributed by atoms with Gasteiger partial charge in [0.1, 0.15) is 0 Å². The average molecular weight is 367 g/mol. The van der Waals surface area contributed by atoms with Crippen molar-refractivity contribution in [2.45, 2.75) is 13.1 Å². The lowest BCUT2D eigenvalue weighted by Crippen LogP contribution is -2.09. The van der Waals surface area contributed by atoms with Gasteiger partial charge in [-0.25, -0.2) is 9.97 Å². The number of nitrogens with two attached hydrogens (primary N) is 1. The summed E-state index contributed by atoms with van der Waals surface area (Å²) in [5.74, 6) is 1.05. The molecule has 0 aliphatic carbocycles. The van der Waals surface area contributed by atoms with E-state index in [-0.39, 0.29) is 17.3 Å². The molecule has 3 N–H and O–H groups in total. The van der Waals surface area contributed by atoms with Crippen LogP contribution in [-0.4, -0.2) is 27.8 Å². The Kier molecular flexibility index (Phi) is 4.51. The van der Waals surface area contributed by atoms with E-state index in [1.165, 1.54) is 6.07 Å². The highest BCUT2D eigenvalue weighted by Crippen LogP contribution is 2.38. The standard InChI is InChI=1S/C16H16F3N5S/c1-9-14(25-8-24(9)2)13-3-4-21-15(23-13)22-12-6-10(16(17,18)19)5-11(20)7-12/h3-7H,8,20H2,1-2H3,(H,21,22,23). The molecular weight excluding hydrogens is 351 g/mol. The summed E-state index contributed by atoms with van der Waals surface area (Å²) in [4.78, 5) is 11.6. The minimum atomic E-state index is -4.47. The number of nitrogens with one attached hydrogen (secondary N) is 1. The second kappa shape index (κ2) is 6.47. The largest absolute Gasteiger partial charge is 0.416 e. The van der Waals surface area contributed by atoms with Crippen LogP contribution in [0.4, 0.5) is 30.5 Å². The quantitative estimate of drug-likeness (QED) is 0.795. The van der Waals surface area contributed by atoms with Gasteiger partial charge in [-0.15, -0.1) is 11.8 Å². The molecule has 9 heteroatoms. The summed E-state index contributed by atoms with van der Waals surface area (Å²) in [6.45, 7) is 2.00. The molecule has 5 nitrogen and oxygen atoms in total. The Morgan fingerprint density at radius 3 is 2.68 bits per heavy atom. The number of allylic oxidation sites excluding steroid dienone is 1. The summed E-state index contributed by atoms with van der Waals surface area (Å²) in [6, 6.07) is 5.06. The van der Waals surface area contributed by atoms with Crippen LogP contribution in [0.15, 0.2) is 36.2 Å². The minimum Gasteiger partial charge on any atom is -0.399 e. The minimum absolute atomic E-state index is 0.0139. The van der Waals surface area contributed by atoms with Crippen LogP contribution in [0, 0.1) is 0 Å². The topological polar surface area (TPSA) is 67.1 Å². The maximum absolute atomic E-state index is 12.9. The third-order valence-electron chi connectivity index (χ3n) is 3.73. The van der Waals surface area contributed by atoms with Gasteiger partial charge in [-0.2, -0.15) is 13.2 Å². The summed E-state index contributed by atoms with van der Waals surface area (Å²) in [7, 11) is 1.99. The maximum atomic E-state index is 12.9. The van der Waals surface area contributed by atoms with Crippen LogP contribution >= 0.6 is 11.8 Å². The number of halogens is 3. The predicted molar refractivity (Wildman–Crippen MR) is 94.0 cm³/mol. The number of nitrogen functional groups attached to an aromatic ring is 1. The predicted octanol–water partition coefficient (Wildman–Crippen LogP) is 4.15. The van der Waals surface area contributed by atoms with Crippen LogP contribution in [0.3, 0.4) is 0 Å². The average Bonchev–Trinajstić information content (AvgIpc) is 2.86. The smallest absolute Gasteiger partial charge is 0.399 e. The first kappa shape index (κ1) is 17.4. The molecule has 0 saturated heterocycles. The van der Waals surface area contributed by atoms with Crippen LogP contribution in [0.5, 0.6) is 0 Å². The van der Waals surface area contributed by atoms with Crippen molar-refractivity contribution in [3.63, 3.8) is 0 Å². The van der Waals surface area contributed by atoms with Crippen molar-refractivity contribution in [3.8, 4) is 0 Å². The van der Waals surface area contributed by atoms with E-state index in [1.54, 1.807) is 24.0 Å². The number of rotatable bonds is 3. The van der Waals surface area contributed by atoms with Crippen molar-refractivity contribution in [2.24, 2.45) is 0 Å². The number of nitrogens with zero attached hydrogens (tertiary/aromatic N) is 3. The number of aromatic nitrogens is 2. The molecule has 1 aliphatic heterocycles. The Labute approximate surface area is 147 Å². The molecule has 0 unspecified atom stereocenters. The first-order valence-electron chi connectivity index (χ1n) is 7.37. The molecule has 0 saturated carbocycles. The summed E-state index contributed by atoms with van der Waals surface area (Å²) in [6.07, 6.45) is -2.90. The monoisotopic (exact) mass is 367 g/mol. The second-order valence-corrected chi connectivity index (χ2v) is 6.57. The van der Waals surface area contributed by atoms with Crippen molar-refractivity contribution >= 4 is 34.0 Å². The molecule has 25 heavy (non-hydrogen) atoms. The van der Waals surface area contributed by atoms with Crippen LogP contribution < -0.4 is 11.1 Å². The molecule has 1 aliphatic rings. The van der Waals surface area contributed by atoms with E-state index < -0.39 is 11.7 Å². The van der Waals surface area contributed by atoms with E-state index in [1.807, 2.05) is 14.0 Å². The molecular formula is C16H16F3N5S. The molecule has 3 rings (SSSR count). The van der Waals surface area contributed by atoms with Crippen LogP contribution in [-0.2, 0) is 6.18 Å². The highest BCUT2D eigenvalue weighted by molar-refractivity contribution is 8.08. The van der Waals surface area contributed by atoms with Crippen molar-refractivity contribution in [1.29, 1.82) is 0 Å². The normalized spacial score (nSPS) is 15.0. The Morgan fingerprint density at radius 2 is 2.04 bits per heavy atom. The van der Waals surface area contributed by atoms with Gasteiger partial charge in [-0.05, 0) is 31.2 Å². The lowest BCUT2D eigenvalue weighted by Gasteiger charge is -2.12. The summed E-state index contributed by atoms with van der Waals surface area (Å²) >= 11 is 1.65. The summed E-state index contributed by atoms with van der Waals surface area (Å²) in [5.41, 5.74) is 6.78. The van der Waals surface area contributed by atoms with Crippen molar-refractivity contribution in [1.82, 2.24) is 14.9 Å². The first-order valence-corrected chi connectivity index (χ1v) is 8.35. The fourth-order valence-corrected chi connectivity index (χ4v) is 3.50.